The SMILES string of the molecule is O=C(Nc1ccccc1)C(O)(O)O. The number of para-hydroxylation sites is 1. The average molecular weight is 183 g/mol. The molecular weight excluding hydrogens is 174 g/mol. The van der Waals surface area contributed by atoms with Crippen molar-refractivity contribution in [2.24, 2.45) is 0 Å². The summed E-state index contributed by atoms with van der Waals surface area (Å²) in [6.07, 6.45) is 0. The van der Waals surface area contributed by atoms with Crippen LogP contribution in [0.3, 0.4) is 0 Å². The molecule has 1 aromatic carbocycles. The highest BCUT2D eigenvalue weighted by molar-refractivity contribution is 5.94. The summed E-state index contributed by atoms with van der Waals surface area (Å²) in [5.74, 6) is -4.63. The van der Waals surface area contributed by atoms with Crippen LogP contribution in [0.15, 0.2) is 30.3 Å². The van der Waals surface area contributed by atoms with Crippen LogP contribution in [-0.4, -0.2) is 27.2 Å². The van der Waals surface area contributed by atoms with Crippen LogP contribution in [0.4, 0.5) is 5.69 Å². The topological polar surface area (TPSA) is 89.8 Å². The van der Waals surface area contributed by atoms with Crippen molar-refractivity contribution in [3.63, 3.8) is 0 Å². The van der Waals surface area contributed by atoms with E-state index in [0.717, 1.165) is 0 Å². The van der Waals surface area contributed by atoms with Gasteiger partial charge in [0.15, 0.2) is 0 Å². The predicted molar refractivity (Wildman–Crippen MR) is 44.5 cm³/mol. The fraction of sp³-hybridized carbons (Fsp3) is 0.125. The molecule has 13 heavy (non-hydrogen) atoms. The lowest BCUT2D eigenvalue weighted by Gasteiger charge is -2.13. The number of carbonyl (C=O) groups is 1. The van der Waals surface area contributed by atoms with Gasteiger partial charge >= 0.3 is 11.9 Å². The van der Waals surface area contributed by atoms with Gasteiger partial charge in [-0.15, -0.1) is 0 Å². The molecule has 0 bridgehead atoms. The van der Waals surface area contributed by atoms with Crippen LogP contribution in [0.1, 0.15) is 0 Å². The largest absolute Gasteiger partial charge is 0.360 e. The van der Waals surface area contributed by atoms with Gasteiger partial charge in [0.2, 0.25) is 0 Å². The van der Waals surface area contributed by atoms with Gasteiger partial charge in [0.25, 0.3) is 0 Å². The molecule has 0 radical (unpaired) electrons. The van der Waals surface area contributed by atoms with Gasteiger partial charge in [0.1, 0.15) is 0 Å². The molecule has 0 atom stereocenters. The number of rotatable bonds is 2. The van der Waals surface area contributed by atoms with Crippen molar-refractivity contribution < 1.29 is 20.1 Å². The van der Waals surface area contributed by atoms with Crippen molar-refractivity contribution in [1.82, 2.24) is 0 Å². The molecule has 0 spiro atoms. The quantitative estimate of drug-likeness (QED) is 0.454. The van der Waals surface area contributed by atoms with E-state index in [1.165, 1.54) is 0 Å². The number of benzene rings is 1. The zero-order valence-electron chi connectivity index (χ0n) is 6.64. The lowest BCUT2D eigenvalue weighted by Crippen LogP contribution is -2.42. The van der Waals surface area contributed by atoms with Gasteiger partial charge in [-0.2, -0.15) is 0 Å². The normalized spacial score (nSPS) is 11.0. The first-order valence-electron chi connectivity index (χ1n) is 3.54. The Morgan fingerprint density at radius 3 is 2.15 bits per heavy atom. The Kier molecular flexibility index (Phi) is 2.62. The minimum atomic E-state index is -3.34. The van der Waals surface area contributed by atoms with Crippen LogP contribution < -0.4 is 5.32 Å². The molecule has 0 fully saturated rings. The second-order valence-corrected chi connectivity index (χ2v) is 2.46. The zero-order chi connectivity index (χ0) is 9.90. The molecule has 0 aliphatic heterocycles. The fourth-order valence-corrected chi connectivity index (χ4v) is 0.736. The minimum Gasteiger partial charge on any atom is -0.336 e. The van der Waals surface area contributed by atoms with Crippen molar-refractivity contribution in [2.45, 2.75) is 5.97 Å². The maximum Gasteiger partial charge on any atom is 0.360 e. The Morgan fingerprint density at radius 2 is 1.69 bits per heavy atom. The molecule has 0 saturated carbocycles. The van der Waals surface area contributed by atoms with E-state index >= 15 is 0 Å². The van der Waals surface area contributed by atoms with Gasteiger partial charge in [-0.05, 0) is 12.1 Å². The van der Waals surface area contributed by atoms with Crippen LogP contribution in [0.2, 0.25) is 0 Å². The van der Waals surface area contributed by atoms with Crippen LogP contribution in [0.5, 0.6) is 0 Å². The van der Waals surface area contributed by atoms with Crippen molar-refractivity contribution in [3.8, 4) is 0 Å². The Morgan fingerprint density at radius 1 is 1.15 bits per heavy atom. The number of aliphatic hydroxyl groups is 3. The molecule has 5 nitrogen and oxygen atoms in total. The molecule has 0 saturated heterocycles. The maximum atomic E-state index is 10.8. The molecule has 0 aliphatic carbocycles. The van der Waals surface area contributed by atoms with E-state index < -0.39 is 11.9 Å². The van der Waals surface area contributed by atoms with Gasteiger partial charge in [0, 0.05) is 5.69 Å². The molecule has 4 N–H and O–H groups in total. The number of hydrogen-bond acceptors (Lipinski definition) is 4. The molecule has 1 amide bonds. The number of anilines is 1. The molecule has 0 aliphatic rings. The van der Waals surface area contributed by atoms with E-state index in [-0.39, 0.29) is 0 Å². The second-order valence-electron chi connectivity index (χ2n) is 2.46. The highest BCUT2D eigenvalue weighted by Gasteiger charge is 2.29. The van der Waals surface area contributed by atoms with Crippen molar-refractivity contribution >= 4 is 11.6 Å². The van der Waals surface area contributed by atoms with E-state index in [1.54, 1.807) is 30.3 Å². The standard InChI is InChI=1S/C8H9NO4/c10-7(8(11,12)13)9-6-4-2-1-3-5-6/h1-5,11-13H,(H,9,10). The molecule has 1 aromatic rings. The monoisotopic (exact) mass is 183 g/mol. The molecule has 0 unspecified atom stereocenters. The first kappa shape index (κ1) is 9.66. The smallest absolute Gasteiger partial charge is 0.336 e. The Hall–Kier alpha value is -1.43. The predicted octanol–water partition coefficient (Wildman–Crippen LogP) is -0.744. The summed E-state index contributed by atoms with van der Waals surface area (Å²) < 4.78 is 0. The average Bonchev–Trinajstić information content (AvgIpc) is 2.04. The third-order valence-electron chi connectivity index (χ3n) is 1.34. The number of amides is 1. The third kappa shape index (κ3) is 2.83. The molecule has 70 valence electrons. The van der Waals surface area contributed by atoms with Gasteiger partial charge < -0.3 is 20.6 Å². The van der Waals surface area contributed by atoms with Crippen LogP contribution in [0.25, 0.3) is 0 Å². The van der Waals surface area contributed by atoms with Gasteiger partial charge in [0.05, 0.1) is 0 Å². The number of hydrogen-bond donors (Lipinski definition) is 4. The molecule has 5 heteroatoms. The summed E-state index contributed by atoms with van der Waals surface area (Å²) >= 11 is 0. The maximum absolute atomic E-state index is 10.8. The summed E-state index contributed by atoms with van der Waals surface area (Å²) in [7, 11) is 0. The van der Waals surface area contributed by atoms with Crippen molar-refractivity contribution in [2.75, 3.05) is 5.32 Å². The summed E-state index contributed by atoms with van der Waals surface area (Å²) in [5, 5.41) is 27.4. The van der Waals surface area contributed by atoms with Gasteiger partial charge in [-0.3, -0.25) is 4.79 Å². The van der Waals surface area contributed by atoms with Crippen LogP contribution >= 0.6 is 0 Å². The Bertz CT molecular complexity index is 291. The van der Waals surface area contributed by atoms with Crippen LogP contribution in [-0.2, 0) is 4.79 Å². The van der Waals surface area contributed by atoms with E-state index in [0.29, 0.717) is 5.69 Å². The summed E-state index contributed by atoms with van der Waals surface area (Å²) in [5.41, 5.74) is 0.369. The number of carbonyl (C=O) groups excluding carboxylic acids is 1. The minimum absolute atomic E-state index is 0.369. The Labute approximate surface area is 74.3 Å². The van der Waals surface area contributed by atoms with E-state index in [4.69, 9.17) is 15.3 Å². The summed E-state index contributed by atoms with van der Waals surface area (Å²) in [6.45, 7) is 0. The first-order chi connectivity index (χ1) is 6.00. The summed E-state index contributed by atoms with van der Waals surface area (Å²) in [6, 6.07) is 8.14. The Balaban J connectivity index is 2.66. The highest BCUT2D eigenvalue weighted by atomic mass is 16.7. The highest BCUT2D eigenvalue weighted by Crippen LogP contribution is 2.06. The van der Waals surface area contributed by atoms with Gasteiger partial charge in [-0.25, -0.2) is 0 Å². The summed E-state index contributed by atoms with van der Waals surface area (Å²) in [4.78, 5) is 10.8. The van der Waals surface area contributed by atoms with E-state index in [2.05, 4.69) is 5.32 Å². The van der Waals surface area contributed by atoms with Gasteiger partial charge in [-0.1, -0.05) is 18.2 Å². The molecular formula is C8H9NO4. The lowest BCUT2D eigenvalue weighted by atomic mass is 10.3. The lowest BCUT2D eigenvalue weighted by molar-refractivity contribution is -0.284. The fourth-order valence-electron chi connectivity index (χ4n) is 0.736. The second kappa shape index (κ2) is 3.53. The van der Waals surface area contributed by atoms with Crippen molar-refractivity contribution in [1.29, 1.82) is 0 Å². The van der Waals surface area contributed by atoms with Crippen molar-refractivity contribution in [3.05, 3.63) is 30.3 Å². The zero-order valence-corrected chi connectivity index (χ0v) is 6.64. The third-order valence-corrected chi connectivity index (χ3v) is 1.34. The molecule has 1 rings (SSSR count). The number of nitrogens with one attached hydrogen (secondary N) is 1. The van der Waals surface area contributed by atoms with Crippen LogP contribution in [0, 0.1) is 0 Å². The molecule has 0 heterocycles. The first-order valence-corrected chi connectivity index (χ1v) is 3.54. The van der Waals surface area contributed by atoms with E-state index in [1.807, 2.05) is 0 Å². The van der Waals surface area contributed by atoms with E-state index in [9.17, 15) is 4.79 Å². The molecule has 0 aromatic heterocycles.